The molecule has 4 aromatic rings. The van der Waals surface area contributed by atoms with Gasteiger partial charge in [0.15, 0.2) is 17.5 Å². The lowest BCUT2D eigenvalue weighted by atomic mass is 9.50. The molecule has 4 saturated carbocycles. The molecular weight excluding hydrogens is 879 g/mol. The van der Waals surface area contributed by atoms with Gasteiger partial charge in [0.2, 0.25) is 5.78 Å². The third-order valence-corrected chi connectivity index (χ3v) is 19.7. The van der Waals surface area contributed by atoms with Crippen LogP contribution in [0, 0.1) is 28.6 Å². The van der Waals surface area contributed by atoms with E-state index in [1.807, 2.05) is 6.07 Å². The minimum absolute atomic E-state index is 0.000445. The number of aromatic nitrogens is 2. The molecule has 10 unspecified atom stereocenters. The summed E-state index contributed by atoms with van der Waals surface area (Å²) in [6.45, 7) is 1.70. The highest BCUT2D eigenvalue weighted by atomic mass is 16.7. The summed E-state index contributed by atoms with van der Waals surface area (Å²) in [6, 6.07) is 8.09. The predicted molar refractivity (Wildman–Crippen MR) is 249 cm³/mol. The number of ketones is 2. The number of hydrogen-bond donors (Lipinski definition) is 7. The number of aliphatic hydroxyl groups excluding tert-OH is 5. The predicted octanol–water partition coefficient (Wildman–Crippen LogP) is 5.76. The molecule has 0 amide bonds. The van der Waals surface area contributed by atoms with Crippen LogP contribution in [-0.4, -0.2) is 102 Å². The number of aromatic hydroxyl groups is 1. The number of ether oxygens (including phenoxy) is 2. The van der Waals surface area contributed by atoms with Gasteiger partial charge in [0, 0.05) is 46.5 Å². The first-order chi connectivity index (χ1) is 33.1. The highest BCUT2D eigenvalue weighted by Crippen LogP contribution is 2.76. The van der Waals surface area contributed by atoms with Crippen molar-refractivity contribution in [3.05, 3.63) is 98.5 Å². The highest BCUT2D eigenvalue weighted by molar-refractivity contribution is 6.34. The number of anilines is 1. The number of rotatable bonds is 2. The van der Waals surface area contributed by atoms with Crippen LogP contribution in [0.2, 0.25) is 0 Å². The number of aliphatic hydroxyl groups is 5. The number of carbonyl (C=O) groups is 3. The van der Waals surface area contributed by atoms with Crippen LogP contribution in [-0.2, 0) is 16.0 Å². The standard InChI is InChI=1S/C55H56N3O11/c1-26-16-31-38(35(60)17-26)44(63)40-36-19-29-28(39(40)43(31)62)6-14-56-48(29)57-23-37(61)53-25-51(10-4-5-11-51)21-33(53)30-18-27(7-15-59)58-42(30)32-20-54(68-36)46(65)45(64)47(66)55(69-54)41(32)34(53)22-52(49(55)67)13-12-50(24-52)8-2-3-9-50/h6,14-20,33,37,45-47,49,61,64-67H,2-5,7-13,21-25H2,1H3,(H,60,63)(H,56,57,62)/q-1. The number of fused-ring (bicyclic) bond motifs is 7. The molecule has 4 aliphatic heterocycles. The lowest BCUT2D eigenvalue weighted by Crippen LogP contribution is -2.79. The second-order valence-electron chi connectivity index (χ2n) is 23.1. The quantitative estimate of drug-likeness (QED) is 0.104. The molecule has 0 radical (unpaired) electrons. The number of phenols is 1. The van der Waals surface area contributed by atoms with E-state index < -0.39 is 70.1 Å². The molecule has 1 saturated heterocycles. The van der Waals surface area contributed by atoms with Crippen LogP contribution in [0.25, 0.3) is 16.3 Å². The van der Waals surface area contributed by atoms with E-state index in [1.54, 1.807) is 31.3 Å². The number of aldehydes is 1. The SMILES string of the molecule is Cc1cc(O)c2c(c1)C(=O)c1c(c3cc4c(nccc14)NCC(O)C14CC5(CCCC5)CC1c1cc(CC=O)[n-]c1C1=CC5(O3)OC3(C1=C4CC1(CCC4(CCCC4)C1)C3O)C(O)C(O)C5O)C2=O. The molecule has 7 N–H and O–H groups in total. The van der Waals surface area contributed by atoms with E-state index in [-0.39, 0.29) is 57.7 Å². The summed E-state index contributed by atoms with van der Waals surface area (Å²) >= 11 is 0. The molecule has 5 fully saturated rings. The molecule has 7 aliphatic carbocycles. The van der Waals surface area contributed by atoms with Crippen molar-refractivity contribution >= 4 is 40.0 Å². The number of phenolic OH excluding ortho intramolecular Hbond substituents is 1. The van der Waals surface area contributed by atoms with Crippen molar-refractivity contribution in [1.29, 1.82) is 0 Å². The van der Waals surface area contributed by atoms with Gasteiger partial charge < -0.3 is 55.2 Å². The Morgan fingerprint density at radius 1 is 0.870 bits per heavy atom. The number of nitrogens with zero attached hydrogens (tertiary/aromatic N) is 2. The number of benzene rings is 2. The van der Waals surface area contributed by atoms with Crippen LogP contribution in [0.5, 0.6) is 11.5 Å². The minimum atomic E-state index is -2.48. The fourth-order valence-electron chi connectivity index (χ4n) is 17.0. The lowest BCUT2D eigenvalue weighted by molar-refractivity contribution is -0.366. The van der Waals surface area contributed by atoms with E-state index in [4.69, 9.17) is 19.4 Å². The van der Waals surface area contributed by atoms with Crippen LogP contribution in [0.3, 0.4) is 0 Å². The van der Waals surface area contributed by atoms with Gasteiger partial charge in [-0.15, -0.1) is 5.69 Å². The van der Waals surface area contributed by atoms with Gasteiger partial charge in [0.25, 0.3) is 5.79 Å². The maximum Gasteiger partial charge on any atom is 0.261 e. The fraction of sp³-hybridized carbons (Fsp3) is 0.527. The van der Waals surface area contributed by atoms with Crippen LogP contribution >= 0.6 is 0 Å². The van der Waals surface area contributed by atoms with Gasteiger partial charge in [0.05, 0.1) is 23.3 Å². The van der Waals surface area contributed by atoms with Gasteiger partial charge in [0.1, 0.15) is 35.8 Å². The zero-order valence-electron chi connectivity index (χ0n) is 38.5. The molecule has 2 aromatic carbocycles. The summed E-state index contributed by atoms with van der Waals surface area (Å²) in [7, 11) is 0. The zero-order valence-corrected chi connectivity index (χ0v) is 38.5. The number of aryl methyl sites for hydroxylation is 1. The van der Waals surface area contributed by atoms with Crippen molar-refractivity contribution in [2.24, 2.45) is 21.7 Å². The lowest BCUT2D eigenvalue weighted by Gasteiger charge is -2.64. The third-order valence-electron chi connectivity index (χ3n) is 19.7. The normalized spacial score (nSPS) is 37.2. The Morgan fingerprint density at radius 3 is 2.41 bits per heavy atom. The molecule has 69 heavy (non-hydrogen) atoms. The van der Waals surface area contributed by atoms with Crippen molar-refractivity contribution in [3.8, 4) is 11.5 Å². The summed E-state index contributed by atoms with van der Waals surface area (Å²) in [4.78, 5) is 52.4. The molecule has 14 nitrogen and oxygen atoms in total. The molecule has 8 bridgehead atoms. The van der Waals surface area contributed by atoms with E-state index in [1.165, 1.54) is 12.1 Å². The van der Waals surface area contributed by atoms with E-state index in [0.717, 1.165) is 75.2 Å². The van der Waals surface area contributed by atoms with E-state index >= 15 is 9.59 Å². The van der Waals surface area contributed by atoms with Crippen LogP contribution < -0.4 is 15.0 Å². The van der Waals surface area contributed by atoms with Crippen LogP contribution in [0.15, 0.2) is 53.8 Å². The molecule has 2 aromatic heterocycles. The fourth-order valence-corrected chi connectivity index (χ4v) is 17.0. The Balaban J connectivity index is 1.12. The second kappa shape index (κ2) is 13.8. The Bertz CT molecular complexity index is 3090. The van der Waals surface area contributed by atoms with Gasteiger partial charge in [-0.2, -0.15) is 5.69 Å². The largest absolute Gasteiger partial charge is 0.660 e. The van der Waals surface area contributed by atoms with Crippen LogP contribution in [0.1, 0.15) is 150 Å². The number of carbonyl (C=O) groups excluding carboxylic acids is 3. The van der Waals surface area contributed by atoms with Crippen molar-refractivity contribution in [1.82, 2.24) is 9.97 Å². The van der Waals surface area contributed by atoms with E-state index in [2.05, 4.69) is 5.32 Å². The average Bonchev–Trinajstić information content (AvgIpc) is 4.19. The molecule has 6 spiro atoms. The summed E-state index contributed by atoms with van der Waals surface area (Å²) in [5.41, 5.74) is -0.909. The minimum Gasteiger partial charge on any atom is -0.660 e. The Kier molecular flexibility index (Phi) is 8.53. The summed E-state index contributed by atoms with van der Waals surface area (Å²) in [5, 5.41) is 81.5. The molecule has 11 aliphatic rings. The first-order valence-corrected chi connectivity index (χ1v) is 25.1. The smallest absolute Gasteiger partial charge is 0.261 e. The van der Waals surface area contributed by atoms with Crippen molar-refractivity contribution < 1.29 is 54.5 Å². The first kappa shape index (κ1) is 42.6. The van der Waals surface area contributed by atoms with Gasteiger partial charge in [-0.05, 0) is 140 Å². The maximum absolute atomic E-state index is 15.1. The topological polar surface area (TPSA) is 230 Å². The molecule has 10 atom stereocenters. The third kappa shape index (κ3) is 5.17. The van der Waals surface area contributed by atoms with Gasteiger partial charge in [-0.25, -0.2) is 4.98 Å². The van der Waals surface area contributed by atoms with E-state index in [0.29, 0.717) is 76.8 Å². The Hall–Kier alpha value is -5.22. The monoisotopic (exact) mass is 934 g/mol. The molecule has 358 valence electrons. The van der Waals surface area contributed by atoms with Crippen LogP contribution in [0.4, 0.5) is 5.82 Å². The van der Waals surface area contributed by atoms with E-state index in [9.17, 15) is 35.4 Å². The maximum atomic E-state index is 15.1. The Labute approximate surface area is 397 Å². The number of pyridine rings is 1. The second-order valence-corrected chi connectivity index (χ2v) is 23.1. The summed E-state index contributed by atoms with van der Waals surface area (Å²) < 4.78 is 14.5. The van der Waals surface area contributed by atoms with Gasteiger partial charge in [-0.1, -0.05) is 42.9 Å². The van der Waals surface area contributed by atoms with Gasteiger partial charge >= 0.3 is 0 Å². The highest BCUT2D eigenvalue weighted by Gasteiger charge is 2.76. The number of hydrogen-bond acceptors (Lipinski definition) is 13. The van der Waals surface area contributed by atoms with Crippen molar-refractivity contribution in [2.75, 3.05) is 11.9 Å². The average molecular weight is 935 g/mol. The molecule has 15 rings (SSSR count). The Morgan fingerprint density at radius 2 is 1.64 bits per heavy atom. The molecular formula is C55H56N3O11-. The summed E-state index contributed by atoms with van der Waals surface area (Å²) in [6.07, 6.45) is 7.17. The summed E-state index contributed by atoms with van der Waals surface area (Å²) in [5.74, 6) is -4.47. The number of nitrogens with one attached hydrogen (secondary N) is 1. The first-order valence-electron chi connectivity index (χ1n) is 25.1. The zero-order chi connectivity index (χ0) is 47.4. The van der Waals surface area contributed by atoms with Gasteiger partial charge in [-0.3, -0.25) is 9.59 Å². The molecule has 6 heterocycles. The molecule has 14 heteroatoms. The van der Waals surface area contributed by atoms with Crippen molar-refractivity contribution in [2.45, 2.75) is 151 Å². The van der Waals surface area contributed by atoms with Crippen molar-refractivity contribution in [3.63, 3.8) is 0 Å².